The van der Waals surface area contributed by atoms with Crippen molar-refractivity contribution in [1.82, 2.24) is 15.0 Å². The van der Waals surface area contributed by atoms with Crippen LogP contribution >= 0.6 is 11.3 Å². The molecule has 0 bridgehead atoms. The van der Waals surface area contributed by atoms with Gasteiger partial charge in [0.15, 0.2) is 0 Å². The predicted molar refractivity (Wildman–Crippen MR) is 85.7 cm³/mol. The second-order valence-corrected chi connectivity index (χ2v) is 6.18. The number of nitrogens with two attached hydrogens (primary N) is 1. The molecule has 108 valence electrons. The van der Waals surface area contributed by atoms with Crippen LogP contribution in [0.5, 0.6) is 0 Å². The van der Waals surface area contributed by atoms with E-state index in [0.717, 1.165) is 24.2 Å². The van der Waals surface area contributed by atoms with Gasteiger partial charge in [-0.15, -0.1) is 11.3 Å². The molecule has 5 heteroatoms. The minimum Gasteiger partial charge on any atom is -0.322 e. The second-order valence-electron chi connectivity index (χ2n) is 4.93. The van der Waals surface area contributed by atoms with Crippen molar-refractivity contribution in [2.45, 2.75) is 25.8 Å². The van der Waals surface area contributed by atoms with Gasteiger partial charge in [-0.25, -0.2) is 0 Å². The van der Waals surface area contributed by atoms with Gasteiger partial charge < -0.3 is 5.73 Å². The highest BCUT2D eigenvalue weighted by atomic mass is 32.1. The Labute approximate surface area is 128 Å². The van der Waals surface area contributed by atoms with E-state index in [9.17, 15) is 0 Å². The highest BCUT2D eigenvalue weighted by molar-refractivity contribution is 7.11. The standard InChI is InChI=1S/C16H18N4S/c1-2-13-8-9-14(21-13)10-15(17)16-11-18-20(19-16)12-6-4-3-5-7-12/h3-9,11,15H,2,10,17H2,1H3. The Bertz CT molecular complexity index is 702. The summed E-state index contributed by atoms with van der Waals surface area (Å²) in [5.41, 5.74) is 8.03. The molecular weight excluding hydrogens is 280 g/mol. The highest BCUT2D eigenvalue weighted by Crippen LogP contribution is 2.22. The van der Waals surface area contributed by atoms with Gasteiger partial charge in [-0.2, -0.15) is 15.0 Å². The third-order valence-corrected chi connectivity index (χ3v) is 4.62. The van der Waals surface area contributed by atoms with E-state index in [1.165, 1.54) is 9.75 Å². The van der Waals surface area contributed by atoms with Gasteiger partial charge in [0.05, 0.1) is 17.9 Å². The van der Waals surface area contributed by atoms with Crippen molar-refractivity contribution >= 4 is 11.3 Å². The monoisotopic (exact) mass is 298 g/mol. The van der Waals surface area contributed by atoms with Crippen LogP contribution in [0.1, 0.15) is 28.4 Å². The summed E-state index contributed by atoms with van der Waals surface area (Å²) < 4.78 is 0. The molecule has 0 aliphatic rings. The van der Waals surface area contributed by atoms with Gasteiger partial charge in [-0.3, -0.25) is 0 Å². The topological polar surface area (TPSA) is 56.7 Å². The van der Waals surface area contributed by atoms with E-state index in [2.05, 4.69) is 29.3 Å². The van der Waals surface area contributed by atoms with Crippen LogP contribution in [0.25, 0.3) is 5.69 Å². The Kier molecular flexibility index (Phi) is 4.13. The van der Waals surface area contributed by atoms with Crippen molar-refractivity contribution < 1.29 is 0 Å². The first-order valence-corrected chi connectivity index (χ1v) is 7.88. The van der Waals surface area contributed by atoms with Gasteiger partial charge in [0.1, 0.15) is 5.69 Å². The molecule has 3 rings (SSSR count). The summed E-state index contributed by atoms with van der Waals surface area (Å²) in [6.07, 6.45) is 3.63. The Hall–Kier alpha value is -1.98. The maximum absolute atomic E-state index is 6.26. The van der Waals surface area contributed by atoms with Crippen molar-refractivity contribution in [3.63, 3.8) is 0 Å². The molecule has 2 heterocycles. The molecule has 2 aromatic heterocycles. The third-order valence-electron chi connectivity index (χ3n) is 3.36. The van der Waals surface area contributed by atoms with Crippen molar-refractivity contribution in [1.29, 1.82) is 0 Å². The normalized spacial score (nSPS) is 12.5. The number of hydrogen-bond acceptors (Lipinski definition) is 4. The summed E-state index contributed by atoms with van der Waals surface area (Å²) in [6, 6.07) is 14.1. The smallest absolute Gasteiger partial charge is 0.100 e. The minimum atomic E-state index is -0.120. The van der Waals surface area contributed by atoms with Gasteiger partial charge in [0.25, 0.3) is 0 Å². The van der Waals surface area contributed by atoms with Crippen LogP contribution < -0.4 is 5.73 Å². The largest absolute Gasteiger partial charge is 0.322 e. The van der Waals surface area contributed by atoms with Crippen LogP contribution in [0, 0.1) is 0 Å². The number of aromatic nitrogens is 3. The summed E-state index contributed by atoms with van der Waals surface area (Å²) in [6.45, 7) is 2.17. The van der Waals surface area contributed by atoms with Gasteiger partial charge in [0, 0.05) is 16.2 Å². The summed E-state index contributed by atoms with van der Waals surface area (Å²) in [5.74, 6) is 0. The summed E-state index contributed by atoms with van der Waals surface area (Å²) >= 11 is 1.82. The number of nitrogens with zero attached hydrogens (tertiary/aromatic N) is 3. The van der Waals surface area contributed by atoms with Crippen LogP contribution in [0.15, 0.2) is 48.7 Å². The van der Waals surface area contributed by atoms with E-state index in [4.69, 9.17) is 5.73 Å². The summed E-state index contributed by atoms with van der Waals surface area (Å²) in [4.78, 5) is 4.32. The first-order valence-electron chi connectivity index (χ1n) is 7.07. The molecule has 0 spiro atoms. The van der Waals surface area contributed by atoms with Crippen LogP contribution in [-0.4, -0.2) is 15.0 Å². The number of para-hydroxylation sites is 1. The van der Waals surface area contributed by atoms with E-state index in [-0.39, 0.29) is 6.04 Å². The highest BCUT2D eigenvalue weighted by Gasteiger charge is 2.13. The fraction of sp³-hybridized carbons (Fsp3) is 0.250. The van der Waals surface area contributed by atoms with Crippen molar-refractivity contribution in [2.75, 3.05) is 0 Å². The predicted octanol–water partition coefficient (Wildman–Crippen LogP) is 3.13. The molecule has 21 heavy (non-hydrogen) atoms. The number of aryl methyl sites for hydroxylation is 1. The Balaban J connectivity index is 1.73. The van der Waals surface area contributed by atoms with Gasteiger partial charge in [0.2, 0.25) is 0 Å². The number of hydrogen-bond donors (Lipinski definition) is 1. The van der Waals surface area contributed by atoms with Crippen LogP contribution in [0.3, 0.4) is 0 Å². The lowest BCUT2D eigenvalue weighted by Crippen LogP contribution is -2.13. The zero-order valence-corrected chi connectivity index (χ0v) is 12.8. The molecule has 4 nitrogen and oxygen atoms in total. The lowest BCUT2D eigenvalue weighted by molar-refractivity contribution is 0.670. The van der Waals surface area contributed by atoms with E-state index in [0.29, 0.717) is 0 Å². The van der Waals surface area contributed by atoms with E-state index in [1.807, 2.05) is 41.7 Å². The summed E-state index contributed by atoms with van der Waals surface area (Å²) in [5, 5.41) is 8.79. The molecule has 0 amide bonds. The number of thiophene rings is 1. The average Bonchev–Trinajstić information content (AvgIpc) is 3.17. The molecule has 0 aliphatic carbocycles. The average molecular weight is 298 g/mol. The van der Waals surface area contributed by atoms with Crippen molar-refractivity contribution in [2.24, 2.45) is 5.73 Å². The Morgan fingerprint density at radius 2 is 1.90 bits per heavy atom. The molecule has 0 radical (unpaired) electrons. The first-order chi connectivity index (χ1) is 10.3. The lowest BCUT2D eigenvalue weighted by atomic mass is 10.1. The quantitative estimate of drug-likeness (QED) is 0.787. The third kappa shape index (κ3) is 3.20. The second kappa shape index (κ2) is 6.20. The molecule has 0 aliphatic heterocycles. The zero-order valence-electron chi connectivity index (χ0n) is 11.9. The molecule has 0 saturated heterocycles. The van der Waals surface area contributed by atoms with Crippen molar-refractivity contribution in [3.8, 4) is 5.69 Å². The van der Waals surface area contributed by atoms with E-state index < -0.39 is 0 Å². The maximum atomic E-state index is 6.26. The molecular formula is C16H18N4S. The molecule has 2 N–H and O–H groups in total. The lowest BCUT2D eigenvalue weighted by Gasteiger charge is -2.06. The fourth-order valence-electron chi connectivity index (χ4n) is 2.17. The van der Waals surface area contributed by atoms with Gasteiger partial charge in [-0.05, 0) is 30.7 Å². The first kappa shape index (κ1) is 14.0. The van der Waals surface area contributed by atoms with Gasteiger partial charge >= 0.3 is 0 Å². The molecule has 1 atom stereocenters. The van der Waals surface area contributed by atoms with Crippen LogP contribution in [0.4, 0.5) is 0 Å². The van der Waals surface area contributed by atoms with Crippen LogP contribution in [-0.2, 0) is 12.8 Å². The fourth-order valence-corrected chi connectivity index (χ4v) is 3.19. The maximum Gasteiger partial charge on any atom is 0.100 e. The number of benzene rings is 1. The molecule has 0 fully saturated rings. The number of rotatable bonds is 5. The van der Waals surface area contributed by atoms with Crippen molar-refractivity contribution in [3.05, 3.63) is 64.1 Å². The molecule has 3 aromatic rings. The van der Waals surface area contributed by atoms with E-state index in [1.54, 1.807) is 11.0 Å². The van der Waals surface area contributed by atoms with E-state index >= 15 is 0 Å². The van der Waals surface area contributed by atoms with Crippen LogP contribution in [0.2, 0.25) is 0 Å². The molecule has 1 aromatic carbocycles. The Morgan fingerprint density at radius 1 is 1.14 bits per heavy atom. The summed E-state index contributed by atoms with van der Waals surface area (Å²) in [7, 11) is 0. The molecule has 1 unspecified atom stereocenters. The Morgan fingerprint density at radius 3 is 2.62 bits per heavy atom. The SMILES string of the molecule is CCc1ccc(CC(N)c2cnn(-c3ccccc3)n2)s1. The minimum absolute atomic E-state index is 0.120. The van der Waals surface area contributed by atoms with Gasteiger partial charge in [-0.1, -0.05) is 25.1 Å². The molecule has 0 saturated carbocycles. The zero-order chi connectivity index (χ0) is 14.7.